The Kier molecular flexibility index (Phi) is 6.46. The molecule has 2 aliphatic rings. The van der Waals surface area contributed by atoms with Crippen LogP contribution in [0.1, 0.15) is 45.4 Å². The average Bonchev–Trinajstić information content (AvgIpc) is 3.01. The van der Waals surface area contributed by atoms with Crippen LogP contribution in [0.3, 0.4) is 0 Å². The molecule has 0 amide bonds. The van der Waals surface area contributed by atoms with E-state index in [0.717, 1.165) is 18.5 Å². The fraction of sp³-hybridized carbons (Fsp3) is 1.00. The molecule has 0 aromatic heterocycles. The summed E-state index contributed by atoms with van der Waals surface area (Å²) in [5.41, 5.74) is 0. The van der Waals surface area contributed by atoms with Crippen LogP contribution < -0.4 is 10.6 Å². The lowest BCUT2D eigenvalue weighted by atomic mass is 10.1. The van der Waals surface area contributed by atoms with Crippen molar-refractivity contribution in [3.05, 3.63) is 0 Å². The van der Waals surface area contributed by atoms with Gasteiger partial charge in [-0.15, -0.1) is 0 Å². The van der Waals surface area contributed by atoms with Crippen LogP contribution in [0.5, 0.6) is 0 Å². The molecule has 1 saturated heterocycles. The number of likely N-dealkylation sites (tertiary alicyclic amines) is 1. The predicted octanol–water partition coefficient (Wildman–Crippen LogP) is 1.84. The summed E-state index contributed by atoms with van der Waals surface area (Å²) >= 11 is 0. The zero-order valence-electron chi connectivity index (χ0n) is 12.1. The number of hydrogen-bond donors (Lipinski definition) is 2. The molecule has 106 valence electrons. The topological polar surface area (TPSA) is 27.3 Å². The second-order valence-corrected chi connectivity index (χ2v) is 6.03. The van der Waals surface area contributed by atoms with Crippen molar-refractivity contribution in [2.24, 2.45) is 5.92 Å². The third-order valence-corrected chi connectivity index (χ3v) is 4.57. The second kappa shape index (κ2) is 8.13. The second-order valence-electron chi connectivity index (χ2n) is 6.03. The molecule has 1 saturated carbocycles. The van der Waals surface area contributed by atoms with Crippen molar-refractivity contribution in [2.45, 2.75) is 51.5 Å². The standard InChI is InChI=1S/C15H31N3/c1-2-16-9-7-14-8-11-18(13-14)12-10-17-15-5-3-4-6-15/h14-17H,2-13H2,1H3. The number of nitrogens with zero attached hydrogens (tertiary/aromatic N) is 1. The lowest BCUT2D eigenvalue weighted by Crippen LogP contribution is -2.35. The quantitative estimate of drug-likeness (QED) is 0.646. The van der Waals surface area contributed by atoms with Gasteiger partial charge in [0.05, 0.1) is 0 Å². The summed E-state index contributed by atoms with van der Waals surface area (Å²) in [6, 6.07) is 0.831. The van der Waals surface area contributed by atoms with Crippen molar-refractivity contribution in [3.8, 4) is 0 Å². The molecular weight excluding hydrogens is 222 g/mol. The average molecular weight is 253 g/mol. The summed E-state index contributed by atoms with van der Waals surface area (Å²) in [5.74, 6) is 0.940. The first-order valence-corrected chi connectivity index (χ1v) is 8.05. The van der Waals surface area contributed by atoms with E-state index in [-0.39, 0.29) is 0 Å². The highest BCUT2D eigenvalue weighted by atomic mass is 15.2. The number of rotatable bonds is 8. The lowest BCUT2D eigenvalue weighted by molar-refractivity contribution is 0.311. The summed E-state index contributed by atoms with van der Waals surface area (Å²) < 4.78 is 0. The molecule has 1 unspecified atom stereocenters. The Hall–Kier alpha value is -0.120. The molecule has 2 N–H and O–H groups in total. The molecule has 2 rings (SSSR count). The van der Waals surface area contributed by atoms with E-state index in [2.05, 4.69) is 22.5 Å². The summed E-state index contributed by atoms with van der Waals surface area (Å²) in [7, 11) is 0. The maximum atomic E-state index is 3.72. The minimum absolute atomic E-state index is 0.831. The molecule has 0 aromatic carbocycles. The molecule has 3 heteroatoms. The van der Waals surface area contributed by atoms with Crippen LogP contribution in [0.15, 0.2) is 0 Å². The van der Waals surface area contributed by atoms with Crippen molar-refractivity contribution < 1.29 is 0 Å². The van der Waals surface area contributed by atoms with Crippen LogP contribution >= 0.6 is 0 Å². The Morgan fingerprint density at radius 3 is 2.72 bits per heavy atom. The van der Waals surface area contributed by atoms with Crippen LogP contribution in [0.4, 0.5) is 0 Å². The normalized spacial score (nSPS) is 26.2. The van der Waals surface area contributed by atoms with Crippen molar-refractivity contribution in [3.63, 3.8) is 0 Å². The van der Waals surface area contributed by atoms with Gasteiger partial charge in [0, 0.05) is 25.7 Å². The molecule has 0 spiro atoms. The van der Waals surface area contributed by atoms with Gasteiger partial charge in [0.2, 0.25) is 0 Å². The summed E-state index contributed by atoms with van der Waals surface area (Å²) in [6.07, 6.45) is 8.47. The minimum atomic E-state index is 0.831. The maximum Gasteiger partial charge on any atom is 0.0107 e. The third kappa shape index (κ3) is 4.87. The predicted molar refractivity (Wildman–Crippen MR) is 78.0 cm³/mol. The Morgan fingerprint density at radius 2 is 1.94 bits per heavy atom. The van der Waals surface area contributed by atoms with E-state index >= 15 is 0 Å². The molecule has 0 aromatic rings. The molecule has 3 nitrogen and oxygen atoms in total. The highest BCUT2D eigenvalue weighted by Crippen LogP contribution is 2.19. The Bertz CT molecular complexity index is 214. The van der Waals surface area contributed by atoms with E-state index in [1.54, 1.807) is 0 Å². The van der Waals surface area contributed by atoms with Gasteiger partial charge in [0.15, 0.2) is 0 Å². The van der Waals surface area contributed by atoms with E-state index in [0.29, 0.717) is 0 Å². The van der Waals surface area contributed by atoms with Crippen molar-refractivity contribution in [1.29, 1.82) is 0 Å². The van der Waals surface area contributed by atoms with Crippen molar-refractivity contribution in [2.75, 3.05) is 39.3 Å². The van der Waals surface area contributed by atoms with E-state index in [1.807, 2.05) is 0 Å². The summed E-state index contributed by atoms with van der Waals surface area (Å²) in [6.45, 7) is 9.62. The van der Waals surface area contributed by atoms with Crippen LogP contribution in [-0.2, 0) is 0 Å². The van der Waals surface area contributed by atoms with Crippen LogP contribution in [0, 0.1) is 5.92 Å². The van der Waals surface area contributed by atoms with Gasteiger partial charge in [0.1, 0.15) is 0 Å². The zero-order valence-corrected chi connectivity index (χ0v) is 12.1. The molecule has 2 fully saturated rings. The molecule has 1 aliphatic heterocycles. The van der Waals surface area contributed by atoms with Gasteiger partial charge in [-0.1, -0.05) is 19.8 Å². The van der Waals surface area contributed by atoms with Gasteiger partial charge < -0.3 is 15.5 Å². The fourth-order valence-electron chi connectivity index (χ4n) is 3.39. The van der Waals surface area contributed by atoms with E-state index in [4.69, 9.17) is 0 Å². The first kappa shape index (κ1) is 14.3. The molecule has 1 heterocycles. The lowest BCUT2D eigenvalue weighted by Gasteiger charge is -2.18. The van der Waals surface area contributed by atoms with Gasteiger partial charge in [-0.05, 0) is 51.2 Å². The number of hydrogen-bond acceptors (Lipinski definition) is 3. The molecule has 1 aliphatic carbocycles. The number of nitrogens with one attached hydrogen (secondary N) is 2. The Morgan fingerprint density at radius 1 is 1.11 bits per heavy atom. The Labute approximate surface area is 113 Å². The fourth-order valence-corrected chi connectivity index (χ4v) is 3.39. The van der Waals surface area contributed by atoms with Crippen LogP contribution in [-0.4, -0.2) is 50.2 Å². The molecule has 1 atom stereocenters. The molecule has 18 heavy (non-hydrogen) atoms. The third-order valence-electron chi connectivity index (χ3n) is 4.57. The summed E-state index contributed by atoms with van der Waals surface area (Å²) in [4.78, 5) is 2.65. The van der Waals surface area contributed by atoms with Gasteiger partial charge in [-0.3, -0.25) is 0 Å². The van der Waals surface area contributed by atoms with Crippen molar-refractivity contribution in [1.82, 2.24) is 15.5 Å². The van der Waals surface area contributed by atoms with Gasteiger partial charge in [-0.25, -0.2) is 0 Å². The highest BCUT2D eigenvalue weighted by Gasteiger charge is 2.22. The minimum Gasteiger partial charge on any atom is -0.317 e. The van der Waals surface area contributed by atoms with Crippen LogP contribution in [0.25, 0.3) is 0 Å². The van der Waals surface area contributed by atoms with E-state index in [9.17, 15) is 0 Å². The van der Waals surface area contributed by atoms with Crippen LogP contribution in [0.2, 0.25) is 0 Å². The largest absolute Gasteiger partial charge is 0.317 e. The van der Waals surface area contributed by atoms with Gasteiger partial charge in [0.25, 0.3) is 0 Å². The smallest absolute Gasteiger partial charge is 0.0107 e. The highest BCUT2D eigenvalue weighted by molar-refractivity contribution is 4.78. The SMILES string of the molecule is CCNCCC1CCN(CCNC2CCCC2)C1. The molecule has 0 bridgehead atoms. The van der Waals surface area contributed by atoms with E-state index < -0.39 is 0 Å². The molecule has 0 radical (unpaired) electrons. The monoisotopic (exact) mass is 253 g/mol. The van der Waals surface area contributed by atoms with Crippen molar-refractivity contribution >= 4 is 0 Å². The Balaban J connectivity index is 1.49. The first-order chi connectivity index (χ1) is 8.88. The molecular formula is C15H31N3. The first-order valence-electron chi connectivity index (χ1n) is 8.05. The maximum absolute atomic E-state index is 3.72. The zero-order chi connectivity index (χ0) is 12.6. The van der Waals surface area contributed by atoms with Gasteiger partial charge in [-0.2, -0.15) is 0 Å². The summed E-state index contributed by atoms with van der Waals surface area (Å²) in [5, 5.41) is 7.16. The van der Waals surface area contributed by atoms with Gasteiger partial charge >= 0.3 is 0 Å². The van der Waals surface area contributed by atoms with E-state index in [1.165, 1.54) is 71.2 Å².